The predicted molar refractivity (Wildman–Crippen MR) is 60.1 cm³/mol. The topological polar surface area (TPSA) is 29.3 Å². The molecule has 2 heteroatoms. The van der Waals surface area contributed by atoms with Gasteiger partial charge in [-0.25, -0.2) is 0 Å². The first-order valence-corrected chi connectivity index (χ1v) is 6.16. The molecule has 2 N–H and O–H groups in total. The minimum absolute atomic E-state index is 0.503. The van der Waals surface area contributed by atoms with Crippen molar-refractivity contribution < 1.29 is 0 Å². The lowest BCUT2D eigenvalue weighted by atomic mass is 9.82. The summed E-state index contributed by atoms with van der Waals surface area (Å²) < 4.78 is 0. The molecule has 14 heavy (non-hydrogen) atoms. The van der Waals surface area contributed by atoms with Crippen LogP contribution in [0.25, 0.3) is 0 Å². The largest absolute Gasteiger partial charge is 0.328 e. The Morgan fingerprint density at radius 1 is 1.14 bits per heavy atom. The third-order valence-electron chi connectivity index (χ3n) is 4.18. The van der Waals surface area contributed by atoms with E-state index < -0.39 is 0 Å². The normalized spacial score (nSPS) is 36.0. The SMILES string of the molecule is CC(C)C1CCN(C2CC(N)C2)CC1. The van der Waals surface area contributed by atoms with Crippen LogP contribution in [0.2, 0.25) is 0 Å². The van der Waals surface area contributed by atoms with E-state index in [9.17, 15) is 0 Å². The molecule has 0 atom stereocenters. The lowest BCUT2D eigenvalue weighted by Gasteiger charge is -2.45. The second kappa shape index (κ2) is 4.19. The van der Waals surface area contributed by atoms with E-state index in [1.165, 1.54) is 38.8 Å². The van der Waals surface area contributed by atoms with E-state index in [1.54, 1.807) is 0 Å². The Kier molecular flexibility index (Phi) is 3.13. The summed E-state index contributed by atoms with van der Waals surface area (Å²) in [5.41, 5.74) is 5.82. The van der Waals surface area contributed by atoms with E-state index in [0.717, 1.165) is 17.9 Å². The molecule has 2 fully saturated rings. The van der Waals surface area contributed by atoms with E-state index in [-0.39, 0.29) is 0 Å². The monoisotopic (exact) mass is 196 g/mol. The summed E-state index contributed by atoms with van der Waals surface area (Å²) in [5, 5.41) is 0. The molecular formula is C12H24N2. The molecule has 2 rings (SSSR count). The summed E-state index contributed by atoms with van der Waals surface area (Å²) >= 11 is 0. The highest BCUT2D eigenvalue weighted by atomic mass is 15.2. The maximum Gasteiger partial charge on any atom is 0.0125 e. The van der Waals surface area contributed by atoms with Gasteiger partial charge < -0.3 is 10.6 Å². The molecule has 0 radical (unpaired) electrons. The molecular weight excluding hydrogens is 172 g/mol. The summed E-state index contributed by atoms with van der Waals surface area (Å²) in [6, 6.07) is 1.33. The molecule has 0 aromatic rings. The van der Waals surface area contributed by atoms with Gasteiger partial charge in [-0.2, -0.15) is 0 Å². The average Bonchev–Trinajstić information content (AvgIpc) is 2.13. The van der Waals surface area contributed by atoms with Crippen molar-refractivity contribution in [1.82, 2.24) is 4.90 Å². The molecule has 0 unspecified atom stereocenters. The maximum atomic E-state index is 5.82. The Balaban J connectivity index is 1.73. The Labute approximate surface area is 87.8 Å². The third kappa shape index (κ3) is 2.12. The summed E-state index contributed by atoms with van der Waals surface area (Å²) in [5.74, 6) is 1.85. The molecule has 1 saturated carbocycles. The summed E-state index contributed by atoms with van der Waals surface area (Å²) in [6.07, 6.45) is 5.30. The van der Waals surface area contributed by atoms with Crippen molar-refractivity contribution in [1.29, 1.82) is 0 Å². The van der Waals surface area contributed by atoms with Crippen LogP contribution in [0.1, 0.15) is 39.5 Å². The molecule has 0 bridgehead atoms. The van der Waals surface area contributed by atoms with E-state index in [1.807, 2.05) is 0 Å². The number of hydrogen-bond donors (Lipinski definition) is 1. The van der Waals surface area contributed by atoms with E-state index in [2.05, 4.69) is 18.7 Å². The maximum absolute atomic E-state index is 5.82. The molecule has 1 saturated heterocycles. The summed E-state index contributed by atoms with van der Waals surface area (Å²) in [4.78, 5) is 2.67. The molecule has 1 heterocycles. The fourth-order valence-corrected chi connectivity index (χ4v) is 2.88. The van der Waals surface area contributed by atoms with Crippen LogP contribution in [0.15, 0.2) is 0 Å². The molecule has 0 aromatic heterocycles. The van der Waals surface area contributed by atoms with Gasteiger partial charge in [-0.3, -0.25) is 0 Å². The van der Waals surface area contributed by atoms with Crippen molar-refractivity contribution in [2.24, 2.45) is 17.6 Å². The highest BCUT2D eigenvalue weighted by Gasteiger charge is 2.33. The van der Waals surface area contributed by atoms with Gasteiger partial charge >= 0.3 is 0 Å². The van der Waals surface area contributed by atoms with Gasteiger partial charge in [0.2, 0.25) is 0 Å². The van der Waals surface area contributed by atoms with E-state index >= 15 is 0 Å². The standard InChI is InChI=1S/C12H24N2/c1-9(2)10-3-5-14(6-4-10)12-7-11(13)8-12/h9-12H,3-8,13H2,1-2H3. The fourth-order valence-electron chi connectivity index (χ4n) is 2.88. The van der Waals surface area contributed by atoms with Crippen LogP contribution in [0.4, 0.5) is 0 Å². The number of hydrogen-bond acceptors (Lipinski definition) is 2. The number of rotatable bonds is 2. The zero-order chi connectivity index (χ0) is 10.1. The quantitative estimate of drug-likeness (QED) is 0.730. The van der Waals surface area contributed by atoms with Crippen molar-refractivity contribution in [3.8, 4) is 0 Å². The highest BCUT2D eigenvalue weighted by molar-refractivity contribution is 4.91. The average molecular weight is 196 g/mol. The Morgan fingerprint density at radius 3 is 2.14 bits per heavy atom. The van der Waals surface area contributed by atoms with Gasteiger partial charge in [0.15, 0.2) is 0 Å². The van der Waals surface area contributed by atoms with Crippen LogP contribution in [0.5, 0.6) is 0 Å². The molecule has 1 aliphatic carbocycles. The van der Waals surface area contributed by atoms with E-state index in [4.69, 9.17) is 5.73 Å². The lowest BCUT2D eigenvalue weighted by molar-refractivity contribution is 0.0633. The Hall–Kier alpha value is -0.0800. The second-order valence-corrected chi connectivity index (χ2v) is 5.50. The summed E-state index contributed by atoms with van der Waals surface area (Å²) in [7, 11) is 0. The van der Waals surface area contributed by atoms with Crippen molar-refractivity contribution in [3.63, 3.8) is 0 Å². The highest BCUT2D eigenvalue weighted by Crippen LogP contribution is 2.30. The zero-order valence-corrected chi connectivity index (χ0v) is 9.58. The van der Waals surface area contributed by atoms with Gasteiger partial charge in [0, 0.05) is 12.1 Å². The lowest BCUT2D eigenvalue weighted by Crippen LogP contribution is -2.53. The smallest absolute Gasteiger partial charge is 0.0125 e. The first-order chi connectivity index (χ1) is 6.66. The first kappa shape index (κ1) is 10.4. The summed E-state index contributed by atoms with van der Waals surface area (Å²) in [6.45, 7) is 7.36. The Bertz CT molecular complexity index is 177. The third-order valence-corrected chi connectivity index (χ3v) is 4.18. The van der Waals surface area contributed by atoms with Crippen LogP contribution in [0.3, 0.4) is 0 Å². The number of piperidine rings is 1. The van der Waals surface area contributed by atoms with Gasteiger partial charge in [0.1, 0.15) is 0 Å². The second-order valence-electron chi connectivity index (χ2n) is 5.50. The van der Waals surface area contributed by atoms with Gasteiger partial charge in [-0.05, 0) is 50.6 Å². The van der Waals surface area contributed by atoms with Gasteiger partial charge in [-0.15, -0.1) is 0 Å². The predicted octanol–water partition coefficient (Wildman–Crippen LogP) is 1.84. The van der Waals surface area contributed by atoms with Crippen LogP contribution in [0, 0.1) is 11.8 Å². The van der Waals surface area contributed by atoms with Crippen LogP contribution in [-0.4, -0.2) is 30.1 Å². The van der Waals surface area contributed by atoms with Crippen LogP contribution < -0.4 is 5.73 Å². The minimum atomic E-state index is 0.503. The van der Waals surface area contributed by atoms with Crippen molar-refractivity contribution in [3.05, 3.63) is 0 Å². The zero-order valence-electron chi connectivity index (χ0n) is 9.58. The molecule has 0 amide bonds. The number of nitrogens with two attached hydrogens (primary N) is 1. The molecule has 82 valence electrons. The van der Waals surface area contributed by atoms with Gasteiger partial charge in [0.05, 0.1) is 0 Å². The molecule has 1 aliphatic heterocycles. The van der Waals surface area contributed by atoms with Crippen molar-refractivity contribution in [2.45, 2.75) is 51.6 Å². The van der Waals surface area contributed by atoms with Crippen LogP contribution >= 0.6 is 0 Å². The van der Waals surface area contributed by atoms with E-state index in [0.29, 0.717) is 6.04 Å². The minimum Gasteiger partial charge on any atom is -0.328 e. The molecule has 2 nitrogen and oxygen atoms in total. The van der Waals surface area contributed by atoms with Gasteiger partial charge in [0.25, 0.3) is 0 Å². The first-order valence-electron chi connectivity index (χ1n) is 6.16. The van der Waals surface area contributed by atoms with Gasteiger partial charge in [-0.1, -0.05) is 13.8 Å². The number of nitrogens with zero attached hydrogens (tertiary/aromatic N) is 1. The van der Waals surface area contributed by atoms with Crippen molar-refractivity contribution >= 4 is 0 Å². The Morgan fingerprint density at radius 2 is 1.71 bits per heavy atom. The van der Waals surface area contributed by atoms with Crippen LogP contribution in [-0.2, 0) is 0 Å². The molecule has 2 aliphatic rings. The molecule has 0 spiro atoms. The molecule has 0 aromatic carbocycles. The number of likely N-dealkylation sites (tertiary alicyclic amines) is 1. The van der Waals surface area contributed by atoms with Crippen molar-refractivity contribution in [2.75, 3.05) is 13.1 Å². The fraction of sp³-hybridized carbons (Fsp3) is 1.00.